The van der Waals surface area contributed by atoms with Gasteiger partial charge in [0.1, 0.15) is 5.69 Å². The first-order valence-electron chi connectivity index (χ1n) is 9.02. The molecule has 1 amide bonds. The van der Waals surface area contributed by atoms with E-state index in [1.54, 1.807) is 16.7 Å². The molecule has 6 nitrogen and oxygen atoms in total. The van der Waals surface area contributed by atoms with Crippen molar-refractivity contribution in [1.29, 1.82) is 0 Å². The number of ether oxygens (including phenoxy) is 1. The Morgan fingerprint density at radius 3 is 2.81 bits per heavy atom. The minimum atomic E-state index is -0.517. The van der Waals surface area contributed by atoms with Crippen LogP contribution in [0.1, 0.15) is 16.9 Å². The summed E-state index contributed by atoms with van der Waals surface area (Å²) in [5, 5.41) is 5.67. The highest BCUT2D eigenvalue weighted by Gasteiger charge is 2.18. The van der Waals surface area contributed by atoms with Crippen molar-refractivity contribution in [3.8, 4) is 5.19 Å². The number of hydrogen-bond donors (Lipinski definition) is 1. The minimum absolute atomic E-state index is 0.270. The lowest BCUT2D eigenvalue weighted by Gasteiger charge is -2.36. The lowest BCUT2D eigenvalue weighted by atomic mass is 10.2. The molecule has 4 rings (SSSR count). The number of carbonyl (C=O) groups excluding carboxylic acids is 1. The Hall–Kier alpha value is -2.16. The summed E-state index contributed by atoms with van der Waals surface area (Å²) < 4.78 is 6.98. The average Bonchev–Trinajstić information content (AvgIpc) is 3.35. The van der Waals surface area contributed by atoms with Crippen LogP contribution in [-0.4, -0.2) is 55.1 Å². The van der Waals surface area contributed by atoms with Crippen LogP contribution in [0.4, 0.5) is 5.69 Å². The second-order valence-corrected chi connectivity index (χ2v) is 8.27. The molecule has 0 unspecified atom stereocenters. The number of anilines is 1. The van der Waals surface area contributed by atoms with Crippen LogP contribution in [-0.2, 0) is 0 Å². The molecule has 3 aromatic rings. The second kappa shape index (κ2) is 8.24. The maximum Gasteiger partial charge on any atom is 0.273 e. The van der Waals surface area contributed by atoms with Gasteiger partial charge < -0.3 is 15.4 Å². The Morgan fingerprint density at radius 2 is 2.04 bits per heavy atom. The molecule has 142 valence electrons. The number of thiazole rings is 1. The van der Waals surface area contributed by atoms with Gasteiger partial charge in [-0.2, -0.15) is 4.98 Å². The summed E-state index contributed by atoms with van der Waals surface area (Å²) >= 11 is 3.11. The van der Waals surface area contributed by atoms with Gasteiger partial charge in [0, 0.05) is 53.9 Å². The van der Waals surface area contributed by atoms with Crippen LogP contribution in [0.3, 0.4) is 0 Å². The normalized spacial score (nSPS) is 15.3. The molecule has 1 fully saturated rings. The quantitative estimate of drug-likeness (QED) is 0.615. The Morgan fingerprint density at radius 1 is 1.19 bits per heavy atom. The largest absolute Gasteiger partial charge is 0.470 e. The number of aromatic nitrogens is 1. The molecule has 1 saturated heterocycles. The molecule has 0 aliphatic carbocycles. The molecule has 0 spiro atoms. The van der Waals surface area contributed by atoms with Crippen molar-refractivity contribution in [2.45, 2.75) is 6.42 Å². The van der Waals surface area contributed by atoms with E-state index in [0.717, 1.165) is 39.1 Å². The van der Waals surface area contributed by atoms with Gasteiger partial charge in [0.15, 0.2) is 0 Å². The first-order chi connectivity index (χ1) is 13.2. The number of primary amides is 1. The molecule has 1 aliphatic rings. The van der Waals surface area contributed by atoms with Gasteiger partial charge in [0.25, 0.3) is 11.1 Å². The van der Waals surface area contributed by atoms with Crippen molar-refractivity contribution < 1.29 is 9.53 Å². The number of thiophene rings is 1. The van der Waals surface area contributed by atoms with Gasteiger partial charge in [-0.05, 0) is 30.0 Å². The third-order valence-electron chi connectivity index (χ3n) is 4.77. The molecule has 8 heteroatoms. The summed E-state index contributed by atoms with van der Waals surface area (Å²) in [6, 6.07) is 8.79. The first kappa shape index (κ1) is 18.2. The molecular weight excluding hydrogens is 380 g/mol. The smallest absolute Gasteiger partial charge is 0.273 e. The lowest BCUT2D eigenvalue weighted by molar-refractivity contribution is 0.0995. The fraction of sp³-hybridized carbons (Fsp3) is 0.368. The molecular formula is C19H22N4O2S2. The van der Waals surface area contributed by atoms with Crippen LogP contribution in [0.5, 0.6) is 5.19 Å². The Bertz CT molecular complexity index is 915. The fourth-order valence-corrected chi connectivity index (χ4v) is 4.84. The third-order valence-corrected chi connectivity index (χ3v) is 6.40. The number of piperazine rings is 1. The number of nitrogens with zero attached hydrogens (tertiary/aromatic N) is 3. The summed E-state index contributed by atoms with van der Waals surface area (Å²) in [5.74, 6) is -0.517. The third kappa shape index (κ3) is 4.23. The summed E-state index contributed by atoms with van der Waals surface area (Å²) in [6.07, 6.45) is 0.936. The molecule has 0 radical (unpaired) electrons. The van der Waals surface area contributed by atoms with Gasteiger partial charge in [-0.25, -0.2) is 0 Å². The predicted molar refractivity (Wildman–Crippen MR) is 111 cm³/mol. The highest BCUT2D eigenvalue weighted by molar-refractivity contribution is 7.17. The van der Waals surface area contributed by atoms with Crippen molar-refractivity contribution in [1.82, 2.24) is 9.88 Å². The molecule has 0 saturated carbocycles. The zero-order valence-electron chi connectivity index (χ0n) is 15.0. The van der Waals surface area contributed by atoms with Gasteiger partial charge in [0.05, 0.1) is 6.61 Å². The topological polar surface area (TPSA) is 71.7 Å². The van der Waals surface area contributed by atoms with Gasteiger partial charge in [-0.3, -0.25) is 9.69 Å². The number of benzene rings is 1. The standard InChI is InChI=1S/C19H22N4O2S2/c20-18(24)15-13-27-19(21-15)25-11-2-6-22-7-9-23(10-8-22)16-3-1-4-17-14(16)5-12-26-17/h1,3-5,12-13H,2,6-11H2,(H2,20,24). The van der Waals surface area contributed by atoms with Crippen molar-refractivity contribution in [2.24, 2.45) is 5.73 Å². The summed E-state index contributed by atoms with van der Waals surface area (Å²) in [7, 11) is 0. The molecule has 1 aromatic carbocycles. The van der Waals surface area contributed by atoms with E-state index in [4.69, 9.17) is 10.5 Å². The summed E-state index contributed by atoms with van der Waals surface area (Å²) in [4.78, 5) is 20.1. The highest BCUT2D eigenvalue weighted by Crippen LogP contribution is 2.31. The van der Waals surface area contributed by atoms with Crippen molar-refractivity contribution in [3.05, 3.63) is 40.7 Å². The first-order valence-corrected chi connectivity index (χ1v) is 10.8. The van der Waals surface area contributed by atoms with E-state index in [1.165, 1.54) is 27.1 Å². The van der Waals surface area contributed by atoms with Crippen LogP contribution < -0.4 is 15.4 Å². The predicted octanol–water partition coefficient (Wildman–Crippen LogP) is 3.05. The van der Waals surface area contributed by atoms with Gasteiger partial charge in [0.2, 0.25) is 0 Å². The van der Waals surface area contributed by atoms with Gasteiger partial charge in [-0.15, -0.1) is 11.3 Å². The van der Waals surface area contributed by atoms with Gasteiger partial charge >= 0.3 is 0 Å². The van der Waals surface area contributed by atoms with Gasteiger partial charge in [-0.1, -0.05) is 17.4 Å². The average molecular weight is 403 g/mol. The van der Waals surface area contributed by atoms with E-state index in [9.17, 15) is 4.79 Å². The fourth-order valence-electron chi connectivity index (χ4n) is 3.35. The minimum Gasteiger partial charge on any atom is -0.470 e. The lowest BCUT2D eigenvalue weighted by Crippen LogP contribution is -2.46. The highest BCUT2D eigenvalue weighted by atomic mass is 32.1. The molecule has 2 aromatic heterocycles. The van der Waals surface area contributed by atoms with E-state index in [0.29, 0.717) is 11.8 Å². The summed E-state index contributed by atoms with van der Waals surface area (Å²) in [6.45, 7) is 5.81. The molecule has 2 N–H and O–H groups in total. The second-order valence-electron chi connectivity index (χ2n) is 6.50. The van der Waals surface area contributed by atoms with Crippen molar-refractivity contribution in [2.75, 3.05) is 44.2 Å². The number of carbonyl (C=O) groups is 1. The van der Waals surface area contributed by atoms with E-state index >= 15 is 0 Å². The molecule has 0 atom stereocenters. The van der Waals surface area contributed by atoms with Crippen LogP contribution >= 0.6 is 22.7 Å². The maximum atomic E-state index is 11.0. The molecule has 3 heterocycles. The maximum absolute atomic E-state index is 11.0. The number of nitrogens with two attached hydrogens (primary N) is 1. The van der Waals surface area contributed by atoms with Crippen LogP contribution in [0.15, 0.2) is 35.0 Å². The zero-order chi connectivity index (χ0) is 18.6. The van der Waals surface area contributed by atoms with E-state index in [-0.39, 0.29) is 5.69 Å². The van der Waals surface area contributed by atoms with E-state index in [1.807, 2.05) is 0 Å². The number of fused-ring (bicyclic) bond motifs is 1. The zero-order valence-corrected chi connectivity index (χ0v) is 16.6. The molecule has 0 bridgehead atoms. The molecule has 1 aliphatic heterocycles. The number of hydrogen-bond acceptors (Lipinski definition) is 7. The van der Waals surface area contributed by atoms with Crippen LogP contribution in [0.2, 0.25) is 0 Å². The van der Waals surface area contributed by atoms with E-state index < -0.39 is 5.91 Å². The Kier molecular flexibility index (Phi) is 5.56. The van der Waals surface area contributed by atoms with E-state index in [2.05, 4.69) is 44.4 Å². The number of amides is 1. The number of rotatable bonds is 7. The monoisotopic (exact) mass is 402 g/mol. The SMILES string of the molecule is NC(=O)c1csc(OCCCN2CCN(c3cccc4sccc34)CC2)n1. The summed E-state index contributed by atoms with van der Waals surface area (Å²) in [5.41, 5.74) is 6.82. The van der Waals surface area contributed by atoms with Crippen LogP contribution in [0, 0.1) is 0 Å². The molecule has 27 heavy (non-hydrogen) atoms. The van der Waals surface area contributed by atoms with Crippen molar-refractivity contribution >= 4 is 44.4 Å². The van der Waals surface area contributed by atoms with Crippen molar-refractivity contribution in [3.63, 3.8) is 0 Å². The Labute approximate surface area is 166 Å². The van der Waals surface area contributed by atoms with Crippen LogP contribution in [0.25, 0.3) is 10.1 Å². The Balaban J connectivity index is 1.21.